The number of hydrogen-bond acceptors (Lipinski definition) is 4. The van der Waals surface area contributed by atoms with Crippen LogP contribution in [0.4, 0.5) is 4.79 Å². The van der Waals surface area contributed by atoms with Gasteiger partial charge in [-0.1, -0.05) is 91.0 Å². The number of benzene rings is 4. The van der Waals surface area contributed by atoms with Gasteiger partial charge in [-0.05, 0) is 66.3 Å². The first kappa shape index (κ1) is 29.3. The zero-order valence-corrected chi connectivity index (χ0v) is 24.9. The fraction of sp³-hybridized carbons (Fsp3) is 0.333. The SMILES string of the molecule is CC(=O)NC(c1ccccc1)c1ccc(C2CCN(C(=O)OC(C)(C)C)CC2OCc2ccc3ccccc3c2)cc1. The second-order valence-corrected chi connectivity index (χ2v) is 12.1. The van der Waals surface area contributed by atoms with E-state index in [0.717, 1.165) is 28.7 Å². The second kappa shape index (κ2) is 12.8. The van der Waals surface area contributed by atoms with Crippen LogP contribution in [0, 0.1) is 0 Å². The molecule has 5 rings (SSSR count). The molecule has 6 heteroatoms. The molecule has 0 saturated carbocycles. The van der Waals surface area contributed by atoms with E-state index in [1.54, 1.807) is 11.8 Å². The van der Waals surface area contributed by atoms with E-state index in [-0.39, 0.29) is 30.1 Å². The molecule has 0 aliphatic carbocycles. The quantitative estimate of drug-likeness (QED) is 0.254. The molecule has 1 saturated heterocycles. The number of nitrogens with zero attached hydrogens (tertiary/aromatic N) is 1. The van der Waals surface area contributed by atoms with Gasteiger partial charge in [0.2, 0.25) is 5.91 Å². The van der Waals surface area contributed by atoms with Gasteiger partial charge < -0.3 is 19.7 Å². The third-order valence-electron chi connectivity index (χ3n) is 7.67. The topological polar surface area (TPSA) is 67.9 Å². The number of piperidine rings is 1. The van der Waals surface area contributed by atoms with Gasteiger partial charge in [-0.2, -0.15) is 0 Å². The molecular formula is C36H40N2O4. The predicted octanol–water partition coefficient (Wildman–Crippen LogP) is 7.38. The van der Waals surface area contributed by atoms with Crippen molar-refractivity contribution in [3.8, 4) is 0 Å². The number of hydrogen-bond donors (Lipinski definition) is 1. The Morgan fingerprint density at radius 2 is 1.55 bits per heavy atom. The molecule has 6 nitrogen and oxygen atoms in total. The van der Waals surface area contributed by atoms with Crippen LogP contribution in [0.1, 0.15) is 68.3 Å². The van der Waals surface area contributed by atoms with Crippen LogP contribution in [0.5, 0.6) is 0 Å². The van der Waals surface area contributed by atoms with E-state index in [2.05, 4.69) is 59.9 Å². The highest BCUT2D eigenvalue weighted by atomic mass is 16.6. The minimum atomic E-state index is -0.561. The number of nitrogens with one attached hydrogen (secondary N) is 1. The summed E-state index contributed by atoms with van der Waals surface area (Å²) in [6.07, 6.45) is 0.245. The molecule has 2 amide bonds. The van der Waals surface area contributed by atoms with Crippen molar-refractivity contribution in [3.63, 3.8) is 0 Å². The molecule has 1 fully saturated rings. The minimum absolute atomic E-state index is 0.0791. The average Bonchev–Trinajstić information content (AvgIpc) is 2.98. The van der Waals surface area contributed by atoms with Crippen LogP contribution >= 0.6 is 0 Å². The second-order valence-electron chi connectivity index (χ2n) is 12.1. The first-order valence-corrected chi connectivity index (χ1v) is 14.7. The molecule has 42 heavy (non-hydrogen) atoms. The Bertz CT molecular complexity index is 1510. The van der Waals surface area contributed by atoms with E-state index in [1.165, 1.54) is 10.8 Å². The molecule has 1 N–H and O–H groups in total. The number of carbonyl (C=O) groups is 2. The monoisotopic (exact) mass is 564 g/mol. The van der Waals surface area contributed by atoms with Gasteiger partial charge in [-0.25, -0.2) is 4.79 Å². The lowest BCUT2D eigenvalue weighted by Gasteiger charge is -2.39. The lowest BCUT2D eigenvalue weighted by molar-refractivity contribution is -0.119. The van der Waals surface area contributed by atoms with Gasteiger partial charge in [0.25, 0.3) is 0 Å². The van der Waals surface area contributed by atoms with E-state index in [9.17, 15) is 9.59 Å². The van der Waals surface area contributed by atoms with Crippen LogP contribution < -0.4 is 5.32 Å². The summed E-state index contributed by atoms with van der Waals surface area (Å²) < 4.78 is 12.3. The minimum Gasteiger partial charge on any atom is -0.444 e. The molecule has 4 aromatic rings. The summed E-state index contributed by atoms with van der Waals surface area (Å²) in [5.41, 5.74) is 3.73. The maximum atomic E-state index is 13.0. The van der Waals surface area contributed by atoms with E-state index in [0.29, 0.717) is 19.7 Å². The van der Waals surface area contributed by atoms with Crippen LogP contribution in [0.15, 0.2) is 97.1 Å². The Morgan fingerprint density at radius 3 is 2.24 bits per heavy atom. The number of fused-ring (bicyclic) bond motifs is 1. The van der Waals surface area contributed by atoms with Crippen molar-refractivity contribution in [1.29, 1.82) is 0 Å². The number of ether oxygens (including phenoxy) is 2. The molecule has 1 aliphatic heterocycles. The lowest BCUT2D eigenvalue weighted by Crippen LogP contribution is -2.48. The Kier molecular flexibility index (Phi) is 8.93. The van der Waals surface area contributed by atoms with Crippen molar-refractivity contribution in [2.24, 2.45) is 0 Å². The molecule has 0 bridgehead atoms. The van der Waals surface area contributed by atoms with Gasteiger partial charge in [0.15, 0.2) is 0 Å². The van der Waals surface area contributed by atoms with Crippen molar-refractivity contribution in [3.05, 3.63) is 119 Å². The van der Waals surface area contributed by atoms with Crippen molar-refractivity contribution >= 4 is 22.8 Å². The largest absolute Gasteiger partial charge is 0.444 e. The predicted molar refractivity (Wildman–Crippen MR) is 166 cm³/mol. The highest BCUT2D eigenvalue weighted by Gasteiger charge is 2.35. The van der Waals surface area contributed by atoms with Gasteiger partial charge in [0.1, 0.15) is 5.60 Å². The molecule has 0 spiro atoms. The molecule has 1 aliphatic rings. The Hall–Kier alpha value is -4.16. The number of rotatable bonds is 7. The molecule has 4 aromatic carbocycles. The van der Waals surface area contributed by atoms with Crippen LogP contribution in [-0.2, 0) is 20.9 Å². The Labute approximate surface area is 248 Å². The van der Waals surface area contributed by atoms with E-state index < -0.39 is 5.60 Å². The van der Waals surface area contributed by atoms with Gasteiger partial charge >= 0.3 is 6.09 Å². The smallest absolute Gasteiger partial charge is 0.410 e. The molecular weight excluding hydrogens is 524 g/mol. The van der Waals surface area contributed by atoms with Gasteiger partial charge in [-0.3, -0.25) is 4.79 Å². The van der Waals surface area contributed by atoms with Gasteiger partial charge in [0, 0.05) is 19.4 Å². The summed E-state index contributed by atoms with van der Waals surface area (Å²) in [5.74, 6) is 0.0266. The van der Waals surface area contributed by atoms with Gasteiger partial charge in [0.05, 0.1) is 25.3 Å². The summed E-state index contributed by atoms with van der Waals surface area (Å²) in [7, 11) is 0. The molecule has 1 heterocycles. The summed E-state index contributed by atoms with van der Waals surface area (Å²) in [6.45, 7) is 8.69. The Balaban J connectivity index is 1.37. The fourth-order valence-electron chi connectivity index (χ4n) is 5.63. The Morgan fingerprint density at radius 1 is 0.881 bits per heavy atom. The summed E-state index contributed by atoms with van der Waals surface area (Å²) in [4.78, 5) is 26.8. The molecule has 0 aromatic heterocycles. The first-order valence-electron chi connectivity index (χ1n) is 14.7. The fourth-order valence-corrected chi connectivity index (χ4v) is 5.63. The molecule has 3 atom stereocenters. The molecule has 0 radical (unpaired) electrons. The average molecular weight is 565 g/mol. The highest BCUT2D eigenvalue weighted by Crippen LogP contribution is 2.33. The first-order chi connectivity index (χ1) is 20.2. The molecule has 3 unspecified atom stereocenters. The van der Waals surface area contributed by atoms with Crippen LogP contribution in [0.2, 0.25) is 0 Å². The summed E-state index contributed by atoms with van der Waals surface area (Å²) in [5, 5.41) is 5.46. The van der Waals surface area contributed by atoms with Gasteiger partial charge in [-0.15, -0.1) is 0 Å². The van der Waals surface area contributed by atoms with E-state index >= 15 is 0 Å². The normalized spacial score (nSPS) is 18.0. The summed E-state index contributed by atoms with van der Waals surface area (Å²) >= 11 is 0. The van der Waals surface area contributed by atoms with E-state index in [4.69, 9.17) is 9.47 Å². The van der Waals surface area contributed by atoms with Crippen molar-refractivity contribution < 1.29 is 19.1 Å². The zero-order valence-electron chi connectivity index (χ0n) is 24.9. The maximum Gasteiger partial charge on any atom is 0.410 e. The van der Waals surface area contributed by atoms with Crippen molar-refractivity contribution in [1.82, 2.24) is 10.2 Å². The van der Waals surface area contributed by atoms with E-state index in [1.807, 2.05) is 63.2 Å². The third-order valence-corrected chi connectivity index (χ3v) is 7.67. The maximum absolute atomic E-state index is 13.0. The number of amides is 2. The zero-order chi connectivity index (χ0) is 29.7. The third kappa shape index (κ3) is 7.37. The highest BCUT2D eigenvalue weighted by molar-refractivity contribution is 5.83. The standard InChI is InChI=1S/C36H40N2O4/c1-25(39)37-34(29-11-6-5-7-12-29)30-18-16-28(17-19-30)32-20-21-38(35(40)42-36(2,3)4)23-33(32)41-24-26-14-15-27-10-8-9-13-31(27)22-26/h5-19,22,32-34H,20-21,23-24H2,1-4H3,(H,37,39). The summed E-state index contributed by atoms with van der Waals surface area (Å²) in [6, 6.07) is 32.9. The van der Waals surface area contributed by atoms with Crippen molar-refractivity contribution in [2.45, 2.75) is 64.4 Å². The number of carbonyl (C=O) groups excluding carboxylic acids is 2. The molecule has 218 valence electrons. The lowest BCUT2D eigenvalue weighted by atomic mass is 9.85. The van der Waals surface area contributed by atoms with Crippen LogP contribution in [0.25, 0.3) is 10.8 Å². The van der Waals surface area contributed by atoms with Crippen LogP contribution in [-0.4, -0.2) is 41.7 Å². The number of likely N-dealkylation sites (tertiary alicyclic amines) is 1. The van der Waals surface area contributed by atoms with Crippen molar-refractivity contribution in [2.75, 3.05) is 13.1 Å². The van der Waals surface area contributed by atoms with Crippen LogP contribution in [0.3, 0.4) is 0 Å².